The Kier molecular flexibility index (Phi) is 4.19. The van der Waals surface area contributed by atoms with Gasteiger partial charge in [0.25, 0.3) is 0 Å². The maximum Gasteiger partial charge on any atom is 0.149 e. The van der Waals surface area contributed by atoms with E-state index in [0.717, 1.165) is 34.2 Å². The van der Waals surface area contributed by atoms with E-state index in [1.807, 2.05) is 12.3 Å². The highest BCUT2D eigenvalue weighted by Crippen LogP contribution is 2.38. The number of aromatic nitrogens is 2. The predicted octanol–water partition coefficient (Wildman–Crippen LogP) is 3.62. The maximum atomic E-state index is 5.95. The highest BCUT2D eigenvalue weighted by molar-refractivity contribution is 7.15. The van der Waals surface area contributed by atoms with Crippen molar-refractivity contribution in [3.8, 4) is 10.6 Å². The van der Waals surface area contributed by atoms with Crippen molar-refractivity contribution in [1.82, 2.24) is 9.36 Å². The molecule has 0 aliphatic carbocycles. The molecule has 2 rings (SSSR count). The molecule has 4 nitrogen and oxygen atoms in total. The summed E-state index contributed by atoms with van der Waals surface area (Å²) in [6.07, 6.45) is 1.16. The molecule has 6 heteroatoms. The molecule has 2 aromatic heterocycles. The van der Waals surface area contributed by atoms with E-state index < -0.39 is 0 Å². The Bertz CT molecular complexity index is 518. The van der Waals surface area contributed by atoms with Gasteiger partial charge in [0, 0.05) is 17.6 Å². The van der Waals surface area contributed by atoms with Crippen LogP contribution in [0.3, 0.4) is 0 Å². The lowest BCUT2D eigenvalue weighted by atomic mass is 10.1. The number of nitrogens with one attached hydrogen (secondary N) is 1. The number of nitrogens with two attached hydrogens (primary N) is 1. The van der Waals surface area contributed by atoms with Gasteiger partial charge in [-0.2, -0.15) is 4.37 Å². The van der Waals surface area contributed by atoms with Crippen LogP contribution in [-0.2, 0) is 0 Å². The minimum atomic E-state index is 0.570. The van der Waals surface area contributed by atoms with Crippen LogP contribution in [0.5, 0.6) is 0 Å². The van der Waals surface area contributed by atoms with Crippen LogP contribution in [0, 0.1) is 12.8 Å². The van der Waals surface area contributed by atoms with Crippen molar-refractivity contribution in [2.24, 2.45) is 5.92 Å². The molecule has 0 saturated heterocycles. The Balaban J connectivity index is 2.22. The Morgan fingerprint density at radius 1 is 1.50 bits per heavy atom. The number of nitrogen functional groups attached to an aromatic ring is 1. The van der Waals surface area contributed by atoms with Crippen LogP contribution in [0.1, 0.15) is 26.0 Å². The zero-order chi connectivity index (χ0) is 13.1. The quantitative estimate of drug-likeness (QED) is 0.879. The summed E-state index contributed by atoms with van der Waals surface area (Å²) in [4.78, 5) is 4.49. The second kappa shape index (κ2) is 5.67. The Morgan fingerprint density at radius 2 is 2.28 bits per heavy atom. The molecule has 0 aliphatic heterocycles. The molecule has 0 spiro atoms. The van der Waals surface area contributed by atoms with Crippen LogP contribution >= 0.6 is 22.9 Å². The molecule has 2 aromatic rings. The van der Waals surface area contributed by atoms with Gasteiger partial charge in [-0.25, -0.2) is 4.98 Å². The third-order valence-corrected chi connectivity index (χ3v) is 4.66. The summed E-state index contributed by atoms with van der Waals surface area (Å²) < 4.78 is 4.23. The fourth-order valence-electron chi connectivity index (χ4n) is 1.51. The van der Waals surface area contributed by atoms with Crippen LogP contribution in [-0.4, -0.2) is 15.9 Å². The molecule has 0 amide bonds. The lowest BCUT2D eigenvalue weighted by molar-refractivity contribution is 0.594. The minimum absolute atomic E-state index is 0.570. The van der Waals surface area contributed by atoms with Gasteiger partial charge >= 0.3 is 0 Å². The molecule has 0 radical (unpaired) electrons. The molecule has 2 heterocycles. The standard InChI is InChI=1S/C12H18N4S2/c1-4-7(2)5-14-11-9(10(13)16-18-11)12-15-8(3)6-17-12/h6-7,14H,4-5H2,1-3H3,(H2,13,16). The summed E-state index contributed by atoms with van der Waals surface area (Å²) in [5.74, 6) is 1.21. The lowest BCUT2D eigenvalue weighted by Gasteiger charge is -2.10. The molecule has 1 atom stereocenters. The Labute approximate surface area is 115 Å². The summed E-state index contributed by atoms with van der Waals surface area (Å²) in [5.41, 5.74) is 7.93. The maximum absolute atomic E-state index is 5.95. The van der Waals surface area contributed by atoms with E-state index in [2.05, 4.69) is 28.5 Å². The van der Waals surface area contributed by atoms with E-state index in [4.69, 9.17) is 5.73 Å². The topological polar surface area (TPSA) is 63.8 Å². The number of hydrogen-bond donors (Lipinski definition) is 2. The highest BCUT2D eigenvalue weighted by Gasteiger charge is 2.16. The van der Waals surface area contributed by atoms with E-state index in [9.17, 15) is 0 Å². The van der Waals surface area contributed by atoms with E-state index in [1.165, 1.54) is 11.5 Å². The fraction of sp³-hybridized carbons (Fsp3) is 0.500. The van der Waals surface area contributed by atoms with Crippen molar-refractivity contribution in [3.63, 3.8) is 0 Å². The smallest absolute Gasteiger partial charge is 0.149 e. The molecule has 0 aromatic carbocycles. The van der Waals surface area contributed by atoms with Crippen molar-refractivity contribution in [1.29, 1.82) is 0 Å². The number of rotatable bonds is 5. The number of thiazole rings is 1. The summed E-state index contributed by atoms with van der Waals surface area (Å²) >= 11 is 3.02. The second-order valence-electron chi connectivity index (χ2n) is 4.46. The third-order valence-electron chi connectivity index (χ3n) is 2.86. The largest absolute Gasteiger partial charge is 0.382 e. The molecular formula is C12H18N4S2. The number of hydrogen-bond acceptors (Lipinski definition) is 6. The average molecular weight is 282 g/mol. The number of nitrogens with zero attached hydrogens (tertiary/aromatic N) is 2. The Morgan fingerprint density at radius 3 is 2.89 bits per heavy atom. The first-order chi connectivity index (χ1) is 8.61. The van der Waals surface area contributed by atoms with Crippen LogP contribution in [0.15, 0.2) is 5.38 Å². The molecule has 0 bridgehead atoms. The van der Waals surface area contributed by atoms with E-state index in [-0.39, 0.29) is 0 Å². The van der Waals surface area contributed by atoms with Gasteiger partial charge < -0.3 is 11.1 Å². The van der Waals surface area contributed by atoms with Crippen molar-refractivity contribution in [2.75, 3.05) is 17.6 Å². The molecule has 98 valence electrons. The van der Waals surface area contributed by atoms with Gasteiger partial charge in [0.1, 0.15) is 15.8 Å². The first-order valence-corrected chi connectivity index (χ1v) is 7.68. The monoisotopic (exact) mass is 282 g/mol. The summed E-state index contributed by atoms with van der Waals surface area (Å²) in [6, 6.07) is 0. The highest BCUT2D eigenvalue weighted by atomic mass is 32.1. The summed E-state index contributed by atoms with van der Waals surface area (Å²) in [6.45, 7) is 7.35. The van der Waals surface area contributed by atoms with Crippen molar-refractivity contribution >= 4 is 33.7 Å². The summed E-state index contributed by atoms with van der Waals surface area (Å²) in [7, 11) is 0. The number of aryl methyl sites for hydroxylation is 1. The SMILES string of the molecule is CCC(C)CNc1snc(N)c1-c1nc(C)cs1. The van der Waals surface area contributed by atoms with Crippen LogP contribution in [0.4, 0.5) is 10.8 Å². The third kappa shape index (κ3) is 2.81. The van der Waals surface area contributed by atoms with E-state index in [1.54, 1.807) is 11.3 Å². The van der Waals surface area contributed by atoms with Crippen LogP contribution in [0.25, 0.3) is 10.6 Å². The molecule has 0 aliphatic rings. The number of anilines is 2. The van der Waals surface area contributed by atoms with Gasteiger partial charge in [-0.3, -0.25) is 0 Å². The van der Waals surface area contributed by atoms with Gasteiger partial charge in [0.15, 0.2) is 0 Å². The van der Waals surface area contributed by atoms with Gasteiger partial charge in [-0.15, -0.1) is 11.3 Å². The molecule has 18 heavy (non-hydrogen) atoms. The van der Waals surface area contributed by atoms with E-state index >= 15 is 0 Å². The molecule has 3 N–H and O–H groups in total. The van der Waals surface area contributed by atoms with E-state index in [0.29, 0.717) is 11.7 Å². The zero-order valence-corrected chi connectivity index (χ0v) is 12.5. The molecule has 0 fully saturated rings. The summed E-state index contributed by atoms with van der Waals surface area (Å²) in [5, 5.41) is 7.45. The second-order valence-corrected chi connectivity index (χ2v) is 6.09. The predicted molar refractivity (Wildman–Crippen MR) is 80.3 cm³/mol. The fourth-order valence-corrected chi connectivity index (χ4v) is 3.15. The molecule has 0 saturated carbocycles. The van der Waals surface area contributed by atoms with Crippen molar-refractivity contribution < 1.29 is 0 Å². The first kappa shape index (κ1) is 13.3. The average Bonchev–Trinajstić information content (AvgIpc) is 2.92. The van der Waals surface area contributed by atoms with Gasteiger partial charge in [0.05, 0.1) is 5.56 Å². The zero-order valence-electron chi connectivity index (χ0n) is 10.9. The van der Waals surface area contributed by atoms with Gasteiger partial charge in [-0.1, -0.05) is 20.3 Å². The van der Waals surface area contributed by atoms with Crippen LogP contribution in [0.2, 0.25) is 0 Å². The first-order valence-electron chi connectivity index (χ1n) is 6.03. The molecule has 1 unspecified atom stereocenters. The molecular weight excluding hydrogens is 264 g/mol. The van der Waals surface area contributed by atoms with Gasteiger partial charge in [0.2, 0.25) is 0 Å². The van der Waals surface area contributed by atoms with Crippen molar-refractivity contribution in [2.45, 2.75) is 27.2 Å². The van der Waals surface area contributed by atoms with Gasteiger partial charge in [-0.05, 0) is 24.4 Å². The minimum Gasteiger partial charge on any atom is -0.382 e. The normalized spacial score (nSPS) is 12.6. The van der Waals surface area contributed by atoms with Crippen molar-refractivity contribution in [3.05, 3.63) is 11.1 Å². The van der Waals surface area contributed by atoms with Crippen LogP contribution < -0.4 is 11.1 Å². The lowest BCUT2D eigenvalue weighted by Crippen LogP contribution is -2.09. The Hall–Kier alpha value is -1.14.